The highest BCUT2D eigenvalue weighted by Crippen LogP contribution is 1.94. The molecule has 0 aromatic heterocycles. The summed E-state index contributed by atoms with van der Waals surface area (Å²) in [7, 11) is 0. The van der Waals surface area contributed by atoms with Gasteiger partial charge in [0.15, 0.2) is 0 Å². The van der Waals surface area contributed by atoms with Gasteiger partial charge in [-0.25, -0.2) is 0 Å². The second kappa shape index (κ2) is 6.63. The fourth-order valence-corrected chi connectivity index (χ4v) is 0.726. The molecule has 0 fully saturated rings. The van der Waals surface area contributed by atoms with Gasteiger partial charge < -0.3 is 21.3 Å². The molecule has 0 aliphatic rings. The summed E-state index contributed by atoms with van der Waals surface area (Å²) in [6.07, 6.45) is -2.86. The van der Waals surface area contributed by atoms with Crippen LogP contribution in [0.15, 0.2) is 0 Å². The molecule has 5 N–H and O–H groups in total. The van der Waals surface area contributed by atoms with Crippen LogP contribution in [0, 0.1) is 0 Å². The second-order valence-electron chi connectivity index (χ2n) is 2.38. The summed E-state index contributed by atoms with van der Waals surface area (Å²) in [6, 6.07) is -3.40. The lowest BCUT2D eigenvalue weighted by Crippen LogP contribution is -2.46. The highest BCUT2D eigenvalue weighted by molar-refractivity contribution is 7.80. The van der Waals surface area contributed by atoms with Crippen molar-refractivity contribution in [1.82, 2.24) is 5.32 Å². The smallest absolute Gasteiger partial charge is 0.321 e. The topological polar surface area (TPSA) is 113 Å². The van der Waals surface area contributed by atoms with Crippen LogP contribution < -0.4 is 11.1 Å². The highest BCUT2D eigenvalue weighted by atomic mass is 32.1. The summed E-state index contributed by atoms with van der Waals surface area (Å²) in [4.78, 5) is 21.3. The predicted molar refractivity (Wildman–Crippen MR) is 53.5 cm³/mol. The van der Waals surface area contributed by atoms with E-state index in [2.05, 4.69) is 17.9 Å². The van der Waals surface area contributed by atoms with Crippen molar-refractivity contribution in [3.05, 3.63) is 0 Å². The lowest BCUT2D eigenvalue weighted by Gasteiger charge is -2.14. The van der Waals surface area contributed by atoms with Crippen molar-refractivity contribution in [3.63, 3.8) is 0 Å². The Morgan fingerprint density at radius 2 is 2.07 bits per heavy atom. The Kier molecular flexibility index (Phi) is 3.55. The summed E-state index contributed by atoms with van der Waals surface area (Å²) in [6.45, 7) is -0.518. The van der Waals surface area contributed by atoms with Crippen LogP contribution in [0.3, 0.4) is 0 Å². The minimum Gasteiger partial charge on any atom is -0.480 e. The number of hydrogen-bond acceptors (Lipinski definition) is 5. The molecule has 0 heterocycles. The molecule has 2 atom stereocenters. The van der Waals surface area contributed by atoms with E-state index >= 15 is 0 Å². The molecule has 82 valence electrons. The third-order valence-electron chi connectivity index (χ3n) is 1.31. The molecule has 0 bridgehead atoms. The van der Waals surface area contributed by atoms with Gasteiger partial charge in [-0.2, -0.15) is 12.6 Å². The maximum Gasteiger partial charge on any atom is 0.321 e. The quantitative estimate of drug-likeness (QED) is 0.347. The number of carboxylic acid groups (broad SMARTS) is 2. The van der Waals surface area contributed by atoms with E-state index in [0.29, 0.717) is 0 Å². The van der Waals surface area contributed by atoms with Crippen LogP contribution in [0.1, 0.15) is 11.9 Å². The zero-order valence-electron chi connectivity index (χ0n) is 11.1. The van der Waals surface area contributed by atoms with Crippen LogP contribution in [0.5, 0.6) is 0 Å². The number of nitrogens with two attached hydrogens (primary N) is 1. The van der Waals surface area contributed by atoms with Crippen LogP contribution in [0.4, 0.5) is 0 Å². The van der Waals surface area contributed by atoms with E-state index in [1.165, 1.54) is 0 Å². The van der Waals surface area contributed by atoms with Gasteiger partial charge in [0.2, 0.25) is 0 Å². The highest BCUT2D eigenvalue weighted by Gasteiger charge is 2.18. The first-order chi connectivity index (χ1) is 7.91. The molecule has 0 rings (SSSR count). The third-order valence-corrected chi connectivity index (χ3v) is 1.44. The van der Waals surface area contributed by atoms with Crippen LogP contribution in [0.25, 0.3) is 0 Å². The van der Waals surface area contributed by atoms with E-state index in [-0.39, 0.29) is 0 Å². The average molecular weight is 226 g/mol. The largest absolute Gasteiger partial charge is 0.480 e. The summed E-state index contributed by atoms with van der Waals surface area (Å²) < 4.78 is 29.1. The Hall–Kier alpha value is -0.790. The minimum absolute atomic E-state index is 0.518. The van der Waals surface area contributed by atoms with Crippen molar-refractivity contribution >= 4 is 24.6 Å². The lowest BCUT2D eigenvalue weighted by molar-refractivity contribution is -0.141. The van der Waals surface area contributed by atoms with E-state index in [0.717, 1.165) is 0 Å². The number of rotatable bonds is 7. The number of thiol groups is 1. The predicted octanol–water partition coefficient (Wildman–Crippen LogP) is -1.24. The van der Waals surface area contributed by atoms with Gasteiger partial charge in [0, 0.05) is 12.0 Å². The molecule has 14 heavy (non-hydrogen) atoms. The van der Waals surface area contributed by atoms with Gasteiger partial charge in [0.1, 0.15) is 12.1 Å². The lowest BCUT2D eigenvalue weighted by atomic mass is 10.2. The maximum absolute atomic E-state index is 10.9. The molecule has 0 radical (unpaired) electrons. The first-order valence-electron chi connectivity index (χ1n) is 5.58. The molecule has 0 amide bonds. The van der Waals surface area contributed by atoms with Crippen LogP contribution in [-0.2, 0) is 9.59 Å². The van der Waals surface area contributed by atoms with E-state index in [1.807, 2.05) is 0 Å². The summed E-state index contributed by atoms with van der Waals surface area (Å²) >= 11 is 3.36. The maximum atomic E-state index is 10.9. The number of carbonyl (C=O) groups is 2. The van der Waals surface area contributed by atoms with Gasteiger partial charge in [-0.05, 0) is 12.1 Å². The van der Waals surface area contributed by atoms with Crippen molar-refractivity contribution < 1.29 is 25.3 Å². The van der Waals surface area contributed by atoms with E-state index < -0.39 is 42.6 Å². The normalized spacial score (nSPS) is 21.0. The van der Waals surface area contributed by atoms with Crippen LogP contribution in [-0.4, -0.2) is 46.5 Å². The monoisotopic (exact) mass is 226 g/mol. The van der Waals surface area contributed by atoms with Crippen molar-refractivity contribution in [2.45, 2.75) is 18.5 Å². The van der Waals surface area contributed by atoms with E-state index in [1.54, 1.807) is 0 Å². The molecular weight excluding hydrogens is 208 g/mol. The van der Waals surface area contributed by atoms with Crippen molar-refractivity contribution in [2.24, 2.45) is 5.73 Å². The number of nitrogens with one attached hydrogen (secondary N) is 1. The van der Waals surface area contributed by atoms with Crippen molar-refractivity contribution in [3.8, 4) is 0 Å². The number of carboxylic acids is 2. The molecule has 1 unspecified atom stereocenters. The molecule has 0 aromatic rings. The molecule has 7 heteroatoms. The Balaban J connectivity index is 4.90. The summed E-state index contributed by atoms with van der Waals surface area (Å²) in [5.41, 5.74) is 2.40. The molecule has 0 aliphatic heterocycles. The van der Waals surface area contributed by atoms with Gasteiger partial charge in [-0.3, -0.25) is 9.59 Å². The van der Waals surface area contributed by atoms with E-state index in [4.69, 9.17) is 21.4 Å². The Morgan fingerprint density at radius 1 is 1.50 bits per heavy atom. The summed E-state index contributed by atoms with van der Waals surface area (Å²) in [5, 5.41) is 19.4. The SMILES string of the molecule is [2H]C([2H])(S)C([2H])([2H])[C@H](NCC(N)C(=O)O)C(=O)O. The summed E-state index contributed by atoms with van der Waals surface area (Å²) in [5.74, 6) is -3.06. The van der Waals surface area contributed by atoms with Crippen LogP contribution >= 0.6 is 12.6 Å². The molecule has 0 saturated heterocycles. The Morgan fingerprint density at radius 3 is 2.43 bits per heavy atom. The third kappa shape index (κ3) is 5.05. The Labute approximate surface area is 92.5 Å². The molecule has 0 aliphatic carbocycles. The molecule has 0 saturated carbocycles. The Bertz CT molecular complexity index is 336. The molecular formula is C7H14N2O4S. The van der Waals surface area contributed by atoms with Crippen molar-refractivity contribution in [1.29, 1.82) is 0 Å². The van der Waals surface area contributed by atoms with Crippen LogP contribution in [0.2, 0.25) is 0 Å². The standard InChI is InChI=1S/C7H14N2O4S/c8-4(6(10)11)3-9-5(1-2-14)7(12)13/h4-5,9,14H,1-3,8H2,(H,10,11)(H,12,13)/t4?,5-/m0/s1/i1D2,2D2. The zero-order valence-corrected chi connectivity index (χ0v) is 7.99. The first-order valence-corrected chi connectivity index (χ1v) is 4.03. The minimum atomic E-state index is -2.86. The fourth-order valence-electron chi connectivity index (χ4n) is 0.597. The van der Waals surface area contributed by atoms with Gasteiger partial charge >= 0.3 is 11.9 Å². The van der Waals surface area contributed by atoms with Gasteiger partial charge in [-0.1, -0.05) is 0 Å². The average Bonchev–Trinajstić information content (AvgIpc) is 2.14. The number of aliphatic carboxylic acids is 2. The molecule has 0 spiro atoms. The molecule has 6 nitrogen and oxygen atoms in total. The van der Waals surface area contributed by atoms with Crippen molar-refractivity contribution in [2.75, 3.05) is 12.2 Å². The fraction of sp³-hybridized carbons (Fsp3) is 0.714. The van der Waals surface area contributed by atoms with Gasteiger partial charge in [-0.15, -0.1) is 0 Å². The zero-order chi connectivity index (χ0) is 14.7. The first kappa shape index (κ1) is 7.49. The van der Waals surface area contributed by atoms with Gasteiger partial charge in [0.25, 0.3) is 0 Å². The number of hydrogen-bond donors (Lipinski definition) is 5. The van der Waals surface area contributed by atoms with Gasteiger partial charge in [0.05, 0.1) is 0 Å². The molecule has 0 aromatic carbocycles. The second-order valence-corrected chi connectivity index (χ2v) is 2.60. The van der Waals surface area contributed by atoms with E-state index in [9.17, 15) is 9.59 Å².